The molecule has 20 heavy (non-hydrogen) atoms. The van der Waals surface area contributed by atoms with Gasteiger partial charge in [-0.15, -0.1) is 11.3 Å². The maximum absolute atomic E-state index is 13.7. The van der Waals surface area contributed by atoms with Gasteiger partial charge in [0.15, 0.2) is 0 Å². The predicted molar refractivity (Wildman–Crippen MR) is 79.9 cm³/mol. The van der Waals surface area contributed by atoms with Gasteiger partial charge < -0.3 is 10.8 Å². The van der Waals surface area contributed by atoms with Gasteiger partial charge in [0.1, 0.15) is 10.7 Å². The van der Waals surface area contributed by atoms with E-state index in [9.17, 15) is 14.3 Å². The van der Waals surface area contributed by atoms with Gasteiger partial charge in [0, 0.05) is 4.88 Å². The van der Waals surface area contributed by atoms with Crippen molar-refractivity contribution in [1.82, 2.24) is 0 Å². The van der Waals surface area contributed by atoms with E-state index >= 15 is 0 Å². The number of aromatic carboxylic acids is 1. The van der Waals surface area contributed by atoms with Crippen LogP contribution in [0.2, 0.25) is 0 Å². The zero-order valence-electron chi connectivity index (χ0n) is 11.5. The number of nitrogen functional groups attached to an aromatic ring is 1. The van der Waals surface area contributed by atoms with Crippen molar-refractivity contribution in [1.29, 1.82) is 0 Å². The number of carbonyl (C=O) groups is 1. The fraction of sp³-hybridized carbons (Fsp3) is 0.267. The molecule has 2 aromatic rings. The average molecular weight is 293 g/mol. The third-order valence-corrected chi connectivity index (χ3v) is 4.45. The summed E-state index contributed by atoms with van der Waals surface area (Å²) >= 11 is 1.10. The van der Waals surface area contributed by atoms with Gasteiger partial charge in [0.2, 0.25) is 0 Å². The molecular formula is C15H16FNO2S. The second kappa shape index (κ2) is 5.25. The number of carboxylic acid groups (broad SMARTS) is 1. The van der Waals surface area contributed by atoms with Crippen molar-refractivity contribution in [2.24, 2.45) is 0 Å². The monoisotopic (exact) mass is 293 g/mol. The third kappa shape index (κ3) is 2.41. The molecule has 0 bridgehead atoms. The molecule has 0 saturated carbocycles. The van der Waals surface area contributed by atoms with Gasteiger partial charge in [0.05, 0.1) is 5.69 Å². The lowest BCUT2D eigenvalue weighted by molar-refractivity contribution is 0.0703. The van der Waals surface area contributed by atoms with E-state index in [2.05, 4.69) is 0 Å². The highest BCUT2D eigenvalue weighted by Gasteiger charge is 2.23. The van der Waals surface area contributed by atoms with Crippen LogP contribution in [-0.4, -0.2) is 11.1 Å². The first kappa shape index (κ1) is 14.5. The smallest absolute Gasteiger partial charge is 0.348 e. The third-order valence-electron chi connectivity index (χ3n) is 3.19. The normalized spacial score (nSPS) is 11.1. The van der Waals surface area contributed by atoms with Crippen LogP contribution in [0.4, 0.5) is 10.1 Å². The highest BCUT2D eigenvalue weighted by Crippen LogP contribution is 2.42. The molecule has 0 saturated heterocycles. The van der Waals surface area contributed by atoms with E-state index in [0.717, 1.165) is 21.8 Å². The van der Waals surface area contributed by atoms with E-state index in [1.807, 2.05) is 13.8 Å². The number of anilines is 1. The topological polar surface area (TPSA) is 63.3 Å². The molecule has 1 aromatic heterocycles. The Kier molecular flexibility index (Phi) is 3.81. The molecule has 1 aromatic carbocycles. The maximum Gasteiger partial charge on any atom is 0.348 e. The molecule has 2 rings (SSSR count). The second-order valence-electron chi connectivity index (χ2n) is 5.01. The van der Waals surface area contributed by atoms with Crippen molar-refractivity contribution >= 4 is 23.0 Å². The van der Waals surface area contributed by atoms with Crippen LogP contribution in [0.15, 0.2) is 18.2 Å². The summed E-state index contributed by atoms with van der Waals surface area (Å²) in [7, 11) is 0. The average Bonchev–Trinajstić information content (AvgIpc) is 2.70. The van der Waals surface area contributed by atoms with Crippen molar-refractivity contribution < 1.29 is 14.3 Å². The van der Waals surface area contributed by atoms with Crippen LogP contribution in [0.25, 0.3) is 10.4 Å². The molecule has 0 unspecified atom stereocenters. The summed E-state index contributed by atoms with van der Waals surface area (Å²) in [5, 5.41) is 9.19. The van der Waals surface area contributed by atoms with E-state index in [1.165, 1.54) is 6.07 Å². The van der Waals surface area contributed by atoms with Crippen molar-refractivity contribution in [3.8, 4) is 10.4 Å². The second-order valence-corrected chi connectivity index (χ2v) is 6.03. The summed E-state index contributed by atoms with van der Waals surface area (Å²) in [5.74, 6) is -1.28. The number of nitrogens with two attached hydrogens (primary N) is 1. The predicted octanol–water partition coefficient (Wildman–Crippen LogP) is 4.27. The van der Waals surface area contributed by atoms with Crippen LogP contribution in [0.1, 0.15) is 40.6 Å². The largest absolute Gasteiger partial charge is 0.477 e. The van der Waals surface area contributed by atoms with Gasteiger partial charge in [-0.1, -0.05) is 26.0 Å². The number of thiophene rings is 1. The van der Waals surface area contributed by atoms with Crippen LogP contribution in [-0.2, 0) is 0 Å². The SMILES string of the molecule is Cc1ccc(-c2sc(C(=O)O)c(N)c2C(C)C)cc1F. The molecule has 3 nitrogen and oxygen atoms in total. The quantitative estimate of drug-likeness (QED) is 0.888. The molecular weight excluding hydrogens is 277 g/mol. The van der Waals surface area contributed by atoms with Gasteiger partial charge in [0.25, 0.3) is 0 Å². The lowest BCUT2D eigenvalue weighted by Crippen LogP contribution is -2.00. The molecule has 106 valence electrons. The summed E-state index contributed by atoms with van der Waals surface area (Å²) in [6.07, 6.45) is 0. The Balaban J connectivity index is 2.69. The molecule has 0 aliphatic carbocycles. The molecule has 5 heteroatoms. The standard InChI is InChI=1S/C15H16FNO2S/c1-7(2)11-12(17)14(15(18)19)20-13(11)9-5-4-8(3)10(16)6-9/h4-7H,17H2,1-3H3,(H,18,19). The molecule has 1 heterocycles. The molecule has 0 aliphatic rings. The number of hydrogen-bond acceptors (Lipinski definition) is 3. The summed E-state index contributed by atoms with van der Waals surface area (Å²) < 4.78 is 13.7. The number of aryl methyl sites for hydroxylation is 1. The van der Waals surface area contributed by atoms with Crippen molar-refractivity contribution in [3.63, 3.8) is 0 Å². The zero-order chi connectivity index (χ0) is 15.0. The Morgan fingerprint density at radius 2 is 2.05 bits per heavy atom. The minimum absolute atomic E-state index is 0.0683. The Labute approximate surface area is 120 Å². The summed E-state index contributed by atoms with van der Waals surface area (Å²) in [6, 6.07) is 4.91. The van der Waals surface area contributed by atoms with Crippen LogP contribution in [0, 0.1) is 12.7 Å². The minimum atomic E-state index is -1.05. The van der Waals surface area contributed by atoms with Gasteiger partial charge >= 0.3 is 5.97 Å². The molecule has 0 spiro atoms. The van der Waals surface area contributed by atoms with Gasteiger partial charge in [-0.05, 0) is 35.6 Å². The molecule has 3 N–H and O–H groups in total. The van der Waals surface area contributed by atoms with E-state index in [4.69, 9.17) is 5.73 Å². The molecule has 0 radical (unpaired) electrons. The number of benzene rings is 1. The highest BCUT2D eigenvalue weighted by molar-refractivity contribution is 7.18. The summed E-state index contributed by atoms with van der Waals surface area (Å²) in [4.78, 5) is 12.1. The first-order valence-corrected chi connectivity index (χ1v) is 7.06. The first-order chi connectivity index (χ1) is 9.32. The van der Waals surface area contributed by atoms with E-state index in [-0.39, 0.29) is 22.3 Å². The van der Waals surface area contributed by atoms with E-state index < -0.39 is 5.97 Å². The van der Waals surface area contributed by atoms with Gasteiger partial charge in [-0.25, -0.2) is 9.18 Å². The Morgan fingerprint density at radius 1 is 1.40 bits per heavy atom. The molecule has 0 fully saturated rings. The maximum atomic E-state index is 13.7. The number of rotatable bonds is 3. The van der Waals surface area contributed by atoms with Crippen LogP contribution < -0.4 is 5.73 Å². The number of hydrogen-bond donors (Lipinski definition) is 2. The fourth-order valence-electron chi connectivity index (χ4n) is 2.14. The Bertz CT molecular complexity index is 677. The van der Waals surface area contributed by atoms with E-state index in [0.29, 0.717) is 11.1 Å². The summed E-state index contributed by atoms with van der Waals surface area (Å²) in [6.45, 7) is 5.57. The lowest BCUT2D eigenvalue weighted by Gasteiger charge is -2.09. The van der Waals surface area contributed by atoms with Gasteiger partial charge in [-0.2, -0.15) is 0 Å². The first-order valence-electron chi connectivity index (χ1n) is 6.25. The van der Waals surface area contributed by atoms with Crippen LogP contribution >= 0.6 is 11.3 Å². The molecule has 0 atom stereocenters. The molecule has 0 amide bonds. The van der Waals surface area contributed by atoms with Crippen LogP contribution in [0.3, 0.4) is 0 Å². The molecule has 0 aliphatic heterocycles. The van der Waals surface area contributed by atoms with Gasteiger partial charge in [-0.3, -0.25) is 0 Å². The number of carboxylic acids is 1. The zero-order valence-corrected chi connectivity index (χ0v) is 12.3. The number of halogens is 1. The lowest BCUT2D eigenvalue weighted by atomic mass is 9.98. The Hall–Kier alpha value is -1.88. The van der Waals surface area contributed by atoms with E-state index in [1.54, 1.807) is 19.1 Å². The fourth-order valence-corrected chi connectivity index (χ4v) is 3.35. The van der Waals surface area contributed by atoms with Crippen molar-refractivity contribution in [3.05, 3.63) is 40.0 Å². The minimum Gasteiger partial charge on any atom is -0.477 e. The highest BCUT2D eigenvalue weighted by atomic mass is 32.1. The van der Waals surface area contributed by atoms with Crippen molar-refractivity contribution in [2.45, 2.75) is 26.7 Å². The summed E-state index contributed by atoms with van der Waals surface area (Å²) in [5.41, 5.74) is 8.23. The van der Waals surface area contributed by atoms with Crippen LogP contribution in [0.5, 0.6) is 0 Å². The van der Waals surface area contributed by atoms with Crippen molar-refractivity contribution in [2.75, 3.05) is 5.73 Å². The Morgan fingerprint density at radius 3 is 2.55 bits per heavy atom.